The Hall–Kier alpha value is -2.96. The summed E-state index contributed by atoms with van der Waals surface area (Å²) in [5, 5.41) is 9.06. The Labute approximate surface area is 181 Å². The highest BCUT2D eigenvalue weighted by Gasteiger charge is 2.36. The molecule has 1 saturated carbocycles. The molecule has 0 aliphatic heterocycles. The van der Waals surface area contributed by atoms with Crippen LogP contribution in [0.4, 0.5) is 0 Å². The maximum atomic E-state index is 6.52. The molecule has 2 heterocycles. The Balaban J connectivity index is 0.00000218. The average Bonchev–Trinajstić information content (AvgIpc) is 3.49. The molecule has 2 N–H and O–H groups in total. The number of hydrogen-bond donors (Lipinski definition) is 1. The van der Waals surface area contributed by atoms with E-state index in [1.165, 1.54) is 5.56 Å². The average molecular weight is 422 g/mol. The minimum atomic E-state index is -0.477. The van der Waals surface area contributed by atoms with Crippen molar-refractivity contribution in [3.05, 3.63) is 78.2 Å². The predicted molar refractivity (Wildman–Crippen MR) is 118 cm³/mol. The topological polar surface area (TPSA) is 82.8 Å². The molecular weight excluding hydrogens is 398 g/mol. The number of nitrogens with two attached hydrogens (primary N) is 1. The first-order valence-electron chi connectivity index (χ1n) is 10.0. The van der Waals surface area contributed by atoms with Gasteiger partial charge in [0.15, 0.2) is 5.82 Å². The standard InChI is InChI=1S/C23H23N5O.ClH/c24-23(13-7-8-14-23)22-25-21(29-27-22)19-16-28(15-17-9-3-1-4-10-17)26-20(19)18-11-5-2-6-12-18;/h1-6,9-12,16H,7-8,13-15,24H2;1H. The van der Waals surface area contributed by atoms with Crippen molar-refractivity contribution in [3.63, 3.8) is 0 Å². The Kier molecular flexibility index (Phi) is 5.70. The zero-order valence-electron chi connectivity index (χ0n) is 16.6. The zero-order valence-corrected chi connectivity index (χ0v) is 17.4. The van der Waals surface area contributed by atoms with Gasteiger partial charge in [0, 0.05) is 11.8 Å². The number of aromatic nitrogens is 4. The van der Waals surface area contributed by atoms with E-state index in [2.05, 4.69) is 22.3 Å². The molecule has 2 aromatic carbocycles. The Morgan fingerprint density at radius 3 is 2.33 bits per heavy atom. The van der Waals surface area contributed by atoms with Crippen LogP contribution in [0.5, 0.6) is 0 Å². The maximum Gasteiger partial charge on any atom is 0.261 e. The van der Waals surface area contributed by atoms with Crippen LogP contribution in [0, 0.1) is 0 Å². The van der Waals surface area contributed by atoms with E-state index < -0.39 is 5.54 Å². The predicted octanol–water partition coefficient (Wildman–Crippen LogP) is 4.80. The lowest BCUT2D eigenvalue weighted by molar-refractivity contribution is 0.372. The SMILES string of the molecule is Cl.NC1(c2noc(-c3cn(Cc4ccccc4)nc3-c3ccccc3)n2)CCCC1. The van der Waals surface area contributed by atoms with E-state index in [1.807, 2.05) is 59.4 Å². The molecule has 1 aliphatic carbocycles. The number of rotatable bonds is 5. The van der Waals surface area contributed by atoms with Crippen LogP contribution in [0.15, 0.2) is 71.4 Å². The van der Waals surface area contributed by atoms with Crippen LogP contribution < -0.4 is 5.73 Å². The van der Waals surface area contributed by atoms with Crippen LogP contribution in [0.25, 0.3) is 22.7 Å². The van der Waals surface area contributed by atoms with E-state index in [4.69, 9.17) is 15.4 Å². The third kappa shape index (κ3) is 3.88. The van der Waals surface area contributed by atoms with Gasteiger partial charge in [-0.1, -0.05) is 78.7 Å². The first kappa shape index (κ1) is 20.3. The quantitative estimate of drug-likeness (QED) is 0.500. The summed E-state index contributed by atoms with van der Waals surface area (Å²) in [6.45, 7) is 0.669. The zero-order chi connectivity index (χ0) is 19.7. The smallest absolute Gasteiger partial charge is 0.261 e. The molecule has 30 heavy (non-hydrogen) atoms. The van der Waals surface area contributed by atoms with Crippen molar-refractivity contribution in [1.29, 1.82) is 0 Å². The number of hydrogen-bond acceptors (Lipinski definition) is 5. The lowest BCUT2D eigenvalue weighted by Crippen LogP contribution is -2.34. The molecule has 2 aromatic heterocycles. The van der Waals surface area contributed by atoms with Crippen molar-refractivity contribution in [2.45, 2.75) is 37.8 Å². The molecule has 0 saturated heterocycles. The van der Waals surface area contributed by atoms with Crippen LogP contribution in [0.1, 0.15) is 37.1 Å². The minimum absolute atomic E-state index is 0. The first-order valence-corrected chi connectivity index (χ1v) is 10.0. The summed E-state index contributed by atoms with van der Waals surface area (Å²) in [6, 6.07) is 20.3. The molecule has 0 amide bonds. The molecular formula is C23H24ClN5O. The van der Waals surface area contributed by atoms with Gasteiger partial charge in [-0.15, -0.1) is 12.4 Å². The molecule has 154 valence electrons. The fraction of sp³-hybridized carbons (Fsp3) is 0.261. The summed E-state index contributed by atoms with van der Waals surface area (Å²) in [5.41, 5.74) is 9.89. The fourth-order valence-electron chi connectivity index (χ4n) is 4.00. The molecule has 5 rings (SSSR count). The molecule has 0 bridgehead atoms. The molecule has 0 atom stereocenters. The molecule has 1 fully saturated rings. The van der Waals surface area contributed by atoms with Crippen molar-refractivity contribution < 1.29 is 4.52 Å². The van der Waals surface area contributed by atoms with E-state index in [0.717, 1.165) is 42.5 Å². The second-order valence-electron chi connectivity index (χ2n) is 7.73. The normalized spacial score (nSPS) is 15.1. The second kappa shape index (κ2) is 8.42. The molecule has 0 radical (unpaired) electrons. The Morgan fingerprint density at radius 2 is 1.63 bits per heavy atom. The van der Waals surface area contributed by atoms with Crippen molar-refractivity contribution in [1.82, 2.24) is 19.9 Å². The molecule has 1 aliphatic rings. The van der Waals surface area contributed by atoms with E-state index in [9.17, 15) is 0 Å². The van der Waals surface area contributed by atoms with E-state index in [0.29, 0.717) is 18.3 Å². The molecule has 4 aromatic rings. The van der Waals surface area contributed by atoms with Crippen molar-refractivity contribution in [2.75, 3.05) is 0 Å². The van der Waals surface area contributed by atoms with Crippen molar-refractivity contribution in [2.24, 2.45) is 5.73 Å². The Bertz CT molecular complexity index is 1100. The highest BCUT2D eigenvalue weighted by molar-refractivity contribution is 5.85. The van der Waals surface area contributed by atoms with E-state index >= 15 is 0 Å². The summed E-state index contributed by atoms with van der Waals surface area (Å²) in [4.78, 5) is 4.68. The monoisotopic (exact) mass is 421 g/mol. The third-order valence-electron chi connectivity index (χ3n) is 5.59. The van der Waals surface area contributed by atoms with Gasteiger partial charge in [0.1, 0.15) is 5.69 Å². The van der Waals surface area contributed by atoms with Crippen LogP contribution >= 0.6 is 12.4 Å². The first-order chi connectivity index (χ1) is 14.2. The van der Waals surface area contributed by atoms with Gasteiger partial charge in [-0.05, 0) is 18.4 Å². The number of nitrogens with zero attached hydrogens (tertiary/aromatic N) is 4. The van der Waals surface area contributed by atoms with Gasteiger partial charge in [-0.3, -0.25) is 4.68 Å². The summed E-state index contributed by atoms with van der Waals surface area (Å²) >= 11 is 0. The van der Waals surface area contributed by atoms with Gasteiger partial charge in [-0.25, -0.2) is 0 Å². The summed E-state index contributed by atoms with van der Waals surface area (Å²) in [7, 11) is 0. The summed E-state index contributed by atoms with van der Waals surface area (Å²) in [5.74, 6) is 1.06. The van der Waals surface area contributed by atoms with Crippen LogP contribution in [0.2, 0.25) is 0 Å². The Morgan fingerprint density at radius 1 is 0.967 bits per heavy atom. The van der Waals surface area contributed by atoms with E-state index in [-0.39, 0.29) is 12.4 Å². The largest absolute Gasteiger partial charge is 0.334 e. The molecule has 6 nitrogen and oxygen atoms in total. The summed E-state index contributed by atoms with van der Waals surface area (Å²) in [6.07, 6.45) is 5.97. The van der Waals surface area contributed by atoms with Crippen LogP contribution in [-0.2, 0) is 12.1 Å². The fourth-order valence-corrected chi connectivity index (χ4v) is 4.00. The van der Waals surface area contributed by atoms with Gasteiger partial charge >= 0.3 is 0 Å². The van der Waals surface area contributed by atoms with Crippen molar-refractivity contribution >= 4 is 12.4 Å². The second-order valence-corrected chi connectivity index (χ2v) is 7.73. The minimum Gasteiger partial charge on any atom is -0.334 e. The van der Waals surface area contributed by atoms with Crippen LogP contribution in [0.3, 0.4) is 0 Å². The van der Waals surface area contributed by atoms with Gasteiger partial charge in [-0.2, -0.15) is 10.1 Å². The highest BCUT2D eigenvalue weighted by atomic mass is 35.5. The van der Waals surface area contributed by atoms with Gasteiger partial charge < -0.3 is 10.3 Å². The van der Waals surface area contributed by atoms with Gasteiger partial charge in [0.25, 0.3) is 5.89 Å². The number of halogens is 1. The van der Waals surface area contributed by atoms with Gasteiger partial charge in [0.2, 0.25) is 0 Å². The molecule has 7 heteroatoms. The summed E-state index contributed by atoms with van der Waals surface area (Å²) < 4.78 is 7.58. The lowest BCUT2D eigenvalue weighted by Gasteiger charge is -2.17. The third-order valence-corrected chi connectivity index (χ3v) is 5.59. The maximum absolute atomic E-state index is 6.52. The van der Waals surface area contributed by atoms with Gasteiger partial charge in [0.05, 0.1) is 17.6 Å². The lowest BCUT2D eigenvalue weighted by atomic mass is 9.98. The number of benzene rings is 2. The molecule has 0 spiro atoms. The van der Waals surface area contributed by atoms with Crippen LogP contribution in [-0.4, -0.2) is 19.9 Å². The van der Waals surface area contributed by atoms with Crippen molar-refractivity contribution in [3.8, 4) is 22.7 Å². The van der Waals surface area contributed by atoms with E-state index in [1.54, 1.807) is 0 Å². The molecule has 0 unspecified atom stereocenters. The highest BCUT2D eigenvalue weighted by Crippen LogP contribution is 2.37.